The molecule has 118 valence electrons. The molecular weight excluding hydrogens is 322 g/mol. The Morgan fingerprint density at radius 2 is 2.19 bits per heavy atom. The number of methoxy groups -OCH3 is 1. The number of nitrogens with zero attached hydrogens (tertiary/aromatic N) is 1. The number of halogens is 1. The van der Waals surface area contributed by atoms with Crippen molar-refractivity contribution in [3.63, 3.8) is 0 Å². The Hall–Kier alpha value is -1.42. The van der Waals surface area contributed by atoms with E-state index in [-0.39, 0.29) is 34.8 Å². The number of nitro benzene ring substituents is 1. The molecule has 10 heteroatoms. The molecule has 0 spiro atoms. The minimum atomic E-state index is -3.86. The van der Waals surface area contributed by atoms with E-state index in [1.807, 2.05) is 0 Å². The van der Waals surface area contributed by atoms with Crippen molar-refractivity contribution in [2.75, 3.05) is 20.2 Å². The van der Waals surface area contributed by atoms with Gasteiger partial charge in [-0.15, -0.1) is 12.4 Å². The minimum Gasteiger partial charge on any atom is -0.495 e. The van der Waals surface area contributed by atoms with Crippen LogP contribution in [0.4, 0.5) is 5.69 Å². The molecule has 21 heavy (non-hydrogen) atoms. The molecule has 1 saturated heterocycles. The van der Waals surface area contributed by atoms with Crippen LogP contribution in [0, 0.1) is 10.1 Å². The molecule has 0 aliphatic carbocycles. The summed E-state index contributed by atoms with van der Waals surface area (Å²) in [5.41, 5.74) is -0.296. The Morgan fingerprint density at radius 1 is 1.48 bits per heavy atom. The summed E-state index contributed by atoms with van der Waals surface area (Å²) in [5, 5.41) is 13.8. The van der Waals surface area contributed by atoms with Gasteiger partial charge in [-0.2, -0.15) is 0 Å². The Morgan fingerprint density at radius 3 is 2.71 bits per heavy atom. The van der Waals surface area contributed by atoms with Crippen molar-refractivity contribution in [2.24, 2.45) is 0 Å². The lowest BCUT2D eigenvalue weighted by atomic mass is 10.3. The van der Waals surface area contributed by atoms with Gasteiger partial charge in [0.05, 0.1) is 12.0 Å². The maximum atomic E-state index is 12.3. The van der Waals surface area contributed by atoms with Gasteiger partial charge in [0.1, 0.15) is 10.6 Å². The van der Waals surface area contributed by atoms with Gasteiger partial charge in [0.15, 0.2) is 0 Å². The van der Waals surface area contributed by atoms with E-state index in [1.165, 1.54) is 19.2 Å². The summed E-state index contributed by atoms with van der Waals surface area (Å²) in [6.45, 7) is 1.27. The van der Waals surface area contributed by atoms with E-state index in [0.29, 0.717) is 13.0 Å². The molecule has 0 saturated carbocycles. The van der Waals surface area contributed by atoms with Gasteiger partial charge in [-0.1, -0.05) is 0 Å². The van der Waals surface area contributed by atoms with Gasteiger partial charge in [0.2, 0.25) is 10.0 Å². The number of non-ortho nitro benzene ring substituents is 1. The van der Waals surface area contributed by atoms with Crippen LogP contribution in [0.5, 0.6) is 5.75 Å². The lowest BCUT2D eigenvalue weighted by Crippen LogP contribution is -2.36. The van der Waals surface area contributed by atoms with Crippen LogP contribution in [0.15, 0.2) is 23.1 Å². The van der Waals surface area contributed by atoms with Gasteiger partial charge in [0.25, 0.3) is 5.69 Å². The zero-order chi connectivity index (χ0) is 14.8. The first-order valence-corrected chi connectivity index (χ1v) is 7.48. The molecule has 1 aliphatic rings. The second-order valence-corrected chi connectivity index (χ2v) is 6.09. The van der Waals surface area contributed by atoms with E-state index >= 15 is 0 Å². The monoisotopic (exact) mass is 337 g/mol. The first kappa shape index (κ1) is 17.6. The Kier molecular flexibility index (Phi) is 5.90. The molecule has 0 bridgehead atoms. The van der Waals surface area contributed by atoms with Crippen LogP contribution in [0.1, 0.15) is 6.42 Å². The number of benzene rings is 1. The van der Waals surface area contributed by atoms with Crippen molar-refractivity contribution < 1.29 is 18.1 Å². The Bertz CT molecular complexity index is 616. The zero-order valence-corrected chi connectivity index (χ0v) is 12.9. The Balaban J connectivity index is 0.00000220. The van der Waals surface area contributed by atoms with Gasteiger partial charge in [-0.05, 0) is 19.0 Å². The molecule has 1 atom stereocenters. The van der Waals surface area contributed by atoms with Gasteiger partial charge in [-0.25, -0.2) is 13.1 Å². The van der Waals surface area contributed by atoms with Gasteiger partial charge in [0, 0.05) is 24.7 Å². The topological polar surface area (TPSA) is 111 Å². The van der Waals surface area contributed by atoms with E-state index in [0.717, 1.165) is 12.6 Å². The predicted molar refractivity (Wildman–Crippen MR) is 78.5 cm³/mol. The fourth-order valence-electron chi connectivity index (χ4n) is 2.03. The lowest BCUT2D eigenvalue weighted by Gasteiger charge is -2.14. The quantitative estimate of drug-likeness (QED) is 0.603. The number of sulfonamides is 1. The molecule has 1 fully saturated rings. The normalized spacial score (nSPS) is 18.0. The molecule has 1 aromatic carbocycles. The summed E-state index contributed by atoms with van der Waals surface area (Å²) >= 11 is 0. The van der Waals surface area contributed by atoms with E-state index in [2.05, 4.69) is 10.0 Å². The van der Waals surface area contributed by atoms with Crippen molar-refractivity contribution in [3.8, 4) is 5.75 Å². The predicted octanol–water partition coefficient (Wildman–Crippen LogP) is 0.665. The van der Waals surface area contributed by atoms with E-state index in [4.69, 9.17) is 4.74 Å². The highest BCUT2D eigenvalue weighted by molar-refractivity contribution is 7.89. The molecule has 1 heterocycles. The largest absolute Gasteiger partial charge is 0.495 e. The third-order valence-electron chi connectivity index (χ3n) is 3.03. The first-order valence-electron chi connectivity index (χ1n) is 5.99. The minimum absolute atomic E-state index is 0. The lowest BCUT2D eigenvalue weighted by molar-refractivity contribution is -0.385. The number of nitrogens with one attached hydrogen (secondary N) is 2. The average molecular weight is 338 g/mol. The van der Waals surface area contributed by atoms with E-state index < -0.39 is 14.9 Å². The first-order chi connectivity index (χ1) is 9.44. The van der Waals surface area contributed by atoms with Crippen LogP contribution >= 0.6 is 12.4 Å². The number of nitro groups is 1. The van der Waals surface area contributed by atoms with Crippen molar-refractivity contribution in [3.05, 3.63) is 28.3 Å². The number of ether oxygens (including phenoxy) is 1. The van der Waals surface area contributed by atoms with Crippen LogP contribution in [0.2, 0.25) is 0 Å². The molecular formula is C11H16ClN3O5S. The van der Waals surface area contributed by atoms with Crippen molar-refractivity contribution in [1.29, 1.82) is 0 Å². The highest BCUT2D eigenvalue weighted by Gasteiger charge is 2.27. The maximum absolute atomic E-state index is 12.3. The van der Waals surface area contributed by atoms with Crippen molar-refractivity contribution in [2.45, 2.75) is 17.4 Å². The Labute approximate surface area is 128 Å². The fourth-order valence-corrected chi connectivity index (χ4v) is 3.49. The summed E-state index contributed by atoms with van der Waals surface area (Å²) in [5.74, 6) is 0.0778. The number of hydrogen-bond acceptors (Lipinski definition) is 6. The third-order valence-corrected chi connectivity index (χ3v) is 4.57. The molecule has 1 aromatic rings. The molecule has 0 amide bonds. The summed E-state index contributed by atoms with van der Waals surface area (Å²) in [6.07, 6.45) is 0.677. The highest BCUT2D eigenvalue weighted by atomic mass is 35.5. The van der Waals surface area contributed by atoms with Crippen LogP contribution in [-0.4, -0.2) is 39.6 Å². The van der Waals surface area contributed by atoms with Crippen LogP contribution < -0.4 is 14.8 Å². The number of rotatable bonds is 5. The average Bonchev–Trinajstić information content (AvgIpc) is 2.90. The van der Waals surface area contributed by atoms with E-state index in [1.54, 1.807) is 0 Å². The van der Waals surface area contributed by atoms with Crippen LogP contribution in [0.25, 0.3) is 0 Å². The second kappa shape index (κ2) is 7.03. The number of hydrogen-bond donors (Lipinski definition) is 2. The molecule has 1 unspecified atom stereocenters. The van der Waals surface area contributed by atoms with E-state index in [9.17, 15) is 18.5 Å². The molecule has 0 radical (unpaired) electrons. The van der Waals surface area contributed by atoms with Gasteiger partial charge >= 0.3 is 0 Å². The molecule has 2 rings (SSSR count). The third kappa shape index (κ3) is 4.03. The van der Waals surface area contributed by atoms with Crippen LogP contribution in [-0.2, 0) is 10.0 Å². The van der Waals surface area contributed by atoms with Gasteiger partial charge in [-0.3, -0.25) is 10.1 Å². The van der Waals surface area contributed by atoms with Gasteiger partial charge < -0.3 is 10.1 Å². The summed E-state index contributed by atoms with van der Waals surface area (Å²) < 4.78 is 32.1. The summed E-state index contributed by atoms with van der Waals surface area (Å²) in [6, 6.07) is 3.27. The summed E-state index contributed by atoms with van der Waals surface area (Å²) in [7, 11) is -2.55. The zero-order valence-electron chi connectivity index (χ0n) is 11.2. The molecule has 8 nitrogen and oxygen atoms in total. The standard InChI is InChI=1S/C11H15N3O5S.ClH/c1-19-10-3-2-9(14(15)16)6-11(10)20(17,18)13-8-4-5-12-7-8;/h2-3,6,8,12-13H,4-5,7H2,1H3;1H. The van der Waals surface area contributed by atoms with Crippen molar-refractivity contribution in [1.82, 2.24) is 10.0 Å². The summed E-state index contributed by atoms with van der Waals surface area (Å²) in [4.78, 5) is 9.90. The fraction of sp³-hybridized carbons (Fsp3) is 0.455. The van der Waals surface area contributed by atoms with Crippen molar-refractivity contribution >= 4 is 28.1 Å². The molecule has 0 aromatic heterocycles. The van der Waals surface area contributed by atoms with Crippen LogP contribution in [0.3, 0.4) is 0 Å². The highest BCUT2D eigenvalue weighted by Crippen LogP contribution is 2.28. The SMILES string of the molecule is COc1ccc([N+](=O)[O-])cc1S(=O)(=O)NC1CCNC1.Cl. The molecule has 2 N–H and O–H groups in total. The molecule has 1 aliphatic heterocycles. The maximum Gasteiger partial charge on any atom is 0.271 e. The smallest absolute Gasteiger partial charge is 0.271 e. The second-order valence-electron chi connectivity index (χ2n) is 4.40.